The van der Waals surface area contributed by atoms with Gasteiger partial charge < -0.3 is 19.6 Å². The van der Waals surface area contributed by atoms with E-state index in [0.717, 1.165) is 22.0 Å². The Kier molecular flexibility index (Phi) is 6.34. The van der Waals surface area contributed by atoms with Crippen molar-refractivity contribution in [2.75, 3.05) is 13.4 Å². The van der Waals surface area contributed by atoms with Crippen molar-refractivity contribution in [2.24, 2.45) is 5.16 Å². The Balaban J connectivity index is 1.53. The van der Waals surface area contributed by atoms with Crippen LogP contribution in [-0.4, -0.2) is 25.0 Å². The Bertz CT molecular complexity index is 836. The summed E-state index contributed by atoms with van der Waals surface area (Å²) in [6, 6.07) is 13.4. The van der Waals surface area contributed by atoms with E-state index in [-0.39, 0.29) is 25.3 Å². The molecule has 27 heavy (non-hydrogen) atoms. The Hall–Kier alpha value is -2.54. The summed E-state index contributed by atoms with van der Waals surface area (Å²) in [6.07, 6.45) is 0.785. The molecular weight excluding hydrogens is 412 g/mol. The van der Waals surface area contributed by atoms with Gasteiger partial charge in [-0.25, -0.2) is 0 Å². The maximum atomic E-state index is 12.2. The summed E-state index contributed by atoms with van der Waals surface area (Å²) in [5.74, 6) is 1.18. The Morgan fingerprint density at radius 3 is 2.70 bits per heavy atom. The lowest BCUT2D eigenvalue weighted by Crippen LogP contribution is -2.31. The van der Waals surface area contributed by atoms with E-state index < -0.39 is 0 Å². The van der Waals surface area contributed by atoms with Crippen molar-refractivity contribution in [1.82, 2.24) is 5.32 Å². The van der Waals surface area contributed by atoms with Crippen LogP contribution in [0.2, 0.25) is 0 Å². The molecule has 0 aromatic heterocycles. The second kappa shape index (κ2) is 8.90. The van der Waals surface area contributed by atoms with E-state index in [2.05, 4.69) is 26.4 Å². The van der Waals surface area contributed by atoms with Gasteiger partial charge in [-0.15, -0.1) is 0 Å². The first-order chi connectivity index (χ1) is 13.1. The molecule has 2 aromatic carbocycles. The summed E-state index contributed by atoms with van der Waals surface area (Å²) in [4.78, 5) is 17.4. The highest BCUT2D eigenvalue weighted by molar-refractivity contribution is 9.10. The third-order valence-electron chi connectivity index (χ3n) is 4.20. The summed E-state index contributed by atoms with van der Waals surface area (Å²) < 4.78 is 11.6. The van der Waals surface area contributed by atoms with E-state index in [1.807, 2.05) is 56.3 Å². The third kappa shape index (κ3) is 5.01. The SMILES string of the molecule is CCC(NC(=O)CO/N=C(\C)c1ccc2c(c1)OCO2)c1ccc(Br)cc1. The van der Waals surface area contributed by atoms with Gasteiger partial charge in [0, 0.05) is 10.0 Å². The van der Waals surface area contributed by atoms with Crippen LogP contribution >= 0.6 is 15.9 Å². The highest BCUT2D eigenvalue weighted by Crippen LogP contribution is 2.32. The molecule has 2 aromatic rings. The van der Waals surface area contributed by atoms with E-state index in [0.29, 0.717) is 17.2 Å². The predicted molar refractivity (Wildman–Crippen MR) is 106 cm³/mol. The molecule has 1 aliphatic heterocycles. The van der Waals surface area contributed by atoms with Gasteiger partial charge >= 0.3 is 0 Å². The van der Waals surface area contributed by atoms with Crippen LogP contribution in [0.25, 0.3) is 0 Å². The van der Waals surface area contributed by atoms with Gasteiger partial charge in [-0.1, -0.05) is 40.1 Å². The molecule has 1 aliphatic rings. The maximum absolute atomic E-state index is 12.2. The average molecular weight is 433 g/mol. The molecule has 0 spiro atoms. The zero-order valence-electron chi connectivity index (χ0n) is 15.2. The summed E-state index contributed by atoms with van der Waals surface area (Å²) in [5.41, 5.74) is 2.55. The van der Waals surface area contributed by atoms with Crippen LogP contribution in [0.15, 0.2) is 52.1 Å². The molecule has 0 radical (unpaired) electrons. The molecule has 3 rings (SSSR count). The van der Waals surface area contributed by atoms with Crippen LogP contribution in [0.5, 0.6) is 11.5 Å². The highest BCUT2D eigenvalue weighted by Gasteiger charge is 2.15. The Morgan fingerprint density at radius 2 is 1.96 bits per heavy atom. The average Bonchev–Trinajstić information content (AvgIpc) is 3.14. The summed E-state index contributed by atoms with van der Waals surface area (Å²) in [5, 5.41) is 7.00. The molecule has 142 valence electrons. The molecule has 0 aliphatic carbocycles. The lowest BCUT2D eigenvalue weighted by Gasteiger charge is -2.17. The number of rotatable bonds is 7. The molecule has 0 fully saturated rings. The number of ether oxygens (including phenoxy) is 2. The molecule has 1 heterocycles. The topological polar surface area (TPSA) is 69.2 Å². The highest BCUT2D eigenvalue weighted by atomic mass is 79.9. The standard InChI is InChI=1S/C20H21BrN2O4/c1-3-17(14-4-7-16(21)8-5-14)22-20(24)11-27-23-13(2)15-6-9-18-19(10-15)26-12-25-18/h4-10,17H,3,11-12H2,1-2H3,(H,22,24)/b23-13+. The number of carbonyl (C=O) groups is 1. The Morgan fingerprint density at radius 1 is 1.22 bits per heavy atom. The fraction of sp³-hybridized carbons (Fsp3) is 0.300. The maximum Gasteiger partial charge on any atom is 0.261 e. The van der Waals surface area contributed by atoms with E-state index in [1.165, 1.54) is 0 Å². The molecule has 7 heteroatoms. The van der Waals surface area contributed by atoms with Crippen LogP contribution in [0.1, 0.15) is 37.4 Å². The van der Waals surface area contributed by atoms with Crippen LogP contribution < -0.4 is 14.8 Å². The molecule has 0 bridgehead atoms. The molecule has 6 nitrogen and oxygen atoms in total. The van der Waals surface area contributed by atoms with Crippen molar-refractivity contribution in [3.63, 3.8) is 0 Å². The summed E-state index contributed by atoms with van der Waals surface area (Å²) in [6.45, 7) is 3.92. The van der Waals surface area contributed by atoms with Crippen molar-refractivity contribution in [1.29, 1.82) is 0 Å². The lowest BCUT2D eigenvalue weighted by molar-refractivity contribution is -0.126. The minimum absolute atomic E-state index is 0.0619. The molecule has 1 N–H and O–H groups in total. The molecule has 0 saturated carbocycles. The van der Waals surface area contributed by atoms with E-state index in [4.69, 9.17) is 14.3 Å². The predicted octanol–water partition coefficient (Wildman–Crippen LogP) is 4.19. The van der Waals surface area contributed by atoms with Gasteiger partial charge in [0.25, 0.3) is 5.91 Å². The largest absolute Gasteiger partial charge is 0.454 e. The van der Waals surface area contributed by atoms with Gasteiger partial charge in [0.1, 0.15) is 0 Å². The van der Waals surface area contributed by atoms with E-state index in [1.54, 1.807) is 0 Å². The molecule has 1 atom stereocenters. The van der Waals surface area contributed by atoms with Gasteiger partial charge in [0.05, 0.1) is 11.8 Å². The first-order valence-electron chi connectivity index (χ1n) is 8.68. The number of nitrogens with one attached hydrogen (secondary N) is 1. The zero-order chi connectivity index (χ0) is 19.2. The number of fused-ring (bicyclic) bond motifs is 1. The minimum atomic E-state index is -0.216. The number of nitrogens with zero attached hydrogens (tertiary/aromatic N) is 1. The second-order valence-electron chi connectivity index (χ2n) is 6.10. The van der Waals surface area contributed by atoms with Gasteiger partial charge in [-0.2, -0.15) is 0 Å². The normalized spacial score (nSPS) is 14.0. The zero-order valence-corrected chi connectivity index (χ0v) is 16.8. The van der Waals surface area contributed by atoms with Crippen molar-refractivity contribution in [3.05, 3.63) is 58.1 Å². The monoisotopic (exact) mass is 432 g/mol. The molecular formula is C20H21BrN2O4. The summed E-state index contributed by atoms with van der Waals surface area (Å²) in [7, 11) is 0. The van der Waals surface area contributed by atoms with Crippen molar-refractivity contribution in [2.45, 2.75) is 26.3 Å². The van der Waals surface area contributed by atoms with Crippen molar-refractivity contribution >= 4 is 27.5 Å². The molecule has 1 amide bonds. The third-order valence-corrected chi connectivity index (χ3v) is 4.73. The van der Waals surface area contributed by atoms with Crippen LogP contribution in [0.3, 0.4) is 0 Å². The van der Waals surface area contributed by atoms with Gasteiger partial charge in [-0.05, 0) is 49.2 Å². The van der Waals surface area contributed by atoms with Gasteiger partial charge in [0.15, 0.2) is 18.1 Å². The van der Waals surface area contributed by atoms with Gasteiger partial charge in [0.2, 0.25) is 6.79 Å². The van der Waals surface area contributed by atoms with Crippen LogP contribution in [0.4, 0.5) is 0 Å². The number of oxime groups is 1. The number of benzene rings is 2. The molecule has 0 saturated heterocycles. The van der Waals surface area contributed by atoms with Crippen molar-refractivity contribution in [3.8, 4) is 11.5 Å². The quantitative estimate of drug-likeness (QED) is 0.525. The Labute approximate surface area is 166 Å². The van der Waals surface area contributed by atoms with Crippen LogP contribution in [-0.2, 0) is 9.63 Å². The number of amides is 1. The first kappa shape index (κ1) is 19.2. The van der Waals surface area contributed by atoms with E-state index in [9.17, 15) is 4.79 Å². The van der Waals surface area contributed by atoms with Crippen molar-refractivity contribution < 1.29 is 19.1 Å². The molecule has 1 unspecified atom stereocenters. The lowest BCUT2D eigenvalue weighted by atomic mass is 10.0. The smallest absolute Gasteiger partial charge is 0.261 e. The van der Waals surface area contributed by atoms with Gasteiger partial charge in [-0.3, -0.25) is 4.79 Å². The number of halogens is 1. The van der Waals surface area contributed by atoms with E-state index >= 15 is 0 Å². The number of hydrogen-bond acceptors (Lipinski definition) is 5. The number of hydrogen-bond donors (Lipinski definition) is 1. The fourth-order valence-electron chi connectivity index (χ4n) is 2.71. The second-order valence-corrected chi connectivity index (χ2v) is 7.01. The first-order valence-corrected chi connectivity index (χ1v) is 9.47. The fourth-order valence-corrected chi connectivity index (χ4v) is 2.98. The number of carbonyl (C=O) groups excluding carboxylic acids is 1. The van der Waals surface area contributed by atoms with Crippen LogP contribution in [0, 0.1) is 0 Å². The summed E-state index contributed by atoms with van der Waals surface area (Å²) >= 11 is 3.41. The minimum Gasteiger partial charge on any atom is -0.454 e.